The number of carbonyl (C=O) groups is 1. The molecule has 0 radical (unpaired) electrons. The Morgan fingerprint density at radius 3 is 2.91 bits per heavy atom. The van der Waals surface area contributed by atoms with Crippen LogP contribution in [0.1, 0.15) is 23.8 Å². The average molecular weight is 319 g/mol. The summed E-state index contributed by atoms with van der Waals surface area (Å²) < 4.78 is 5.41. The lowest BCUT2D eigenvalue weighted by atomic mass is 10.3. The van der Waals surface area contributed by atoms with Crippen LogP contribution in [0, 0.1) is 0 Å². The van der Waals surface area contributed by atoms with E-state index in [1.54, 1.807) is 17.5 Å². The summed E-state index contributed by atoms with van der Waals surface area (Å²) in [7, 11) is 0. The number of carbonyl (C=O) groups excluding carboxylic acids is 1. The molecular formula is C16H21N3O2S. The van der Waals surface area contributed by atoms with Crippen LogP contribution >= 0.6 is 11.3 Å². The predicted molar refractivity (Wildman–Crippen MR) is 88.3 cm³/mol. The van der Waals surface area contributed by atoms with Crippen molar-refractivity contribution in [1.29, 1.82) is 0 Å². The Bertz CT molecular complexity index is 555. The van der Waals surface area contributed by atoms with Gasteiger partial charge in [0.1, 0.15) is 0 Å². The topological polar surface area (TPSA) is 63.2 Å². The number of aromatic nitrogens is 1. The van der Waals surface area contributed by atoms with Gasteiger partial charge in [-0.05, 0) is 29.9 Å². The molecule has 0 atom stereocenters. The quantitative estimate of drug-likeness (QED) is 0.786. The third-order valence-electron chi connectivity index (χ3n) is 2.94. The maximum atomic E-state index is 11.7. The van der Waals surface area contributed by atoms with Crippen LogP contribution in [-0.4, -0.2) is 24.2 Å². The van der Waals surface area contributed by atoms with Gasteiger partial charge in [-0.1, -0.05) is 19.1 Å². The summed E-state index contributed by atoms with van der Waals surface area (Å²) in [4.78, 5) is 17.2. The van der Waals surface area contributed by atoms with Crippen LogP contribution in [0.25, 0.3) is 0 Å². The molecule has 2 aromatic heterocycles. The molecule has 6 heteroatoms. The van der Waals surface area contributed by atoms with E-state index in [1.165, 1.54) is 4.88 Å². The van der Waals surface area contributed by atoms with E-state index in [9.17, 15) is 4.79 Å². The molecule has 0 bridgehead atoms. The van der Waals surface area contributed by atoms with Gasteiger partial charge in [-0.15, -0.1) is 11.3 Å². The average Bonchev–Trinajstić information content (AvgIpc) is 3.05. The summed E-state index contributed by atoms with van der Waals surface area (Å²) >= 11 is 1.70. The molecule has 0 unspecified atom stereocenters. The third-order valence-corrected chi connectivity index (χ3v) is 3.88. The second-order valence-corrected chi connectivity index (χ2v) is 5.82. The molecule has 0 saturated heterocycles. The number of nitrogens with zero attached hydrogens (tertiary/aromatic N) is 1. The fourth-order valence-corrected chi connectivity index (χ4v) is 2.52. The van der Waals surface area contributed by atoms with Crippen molar-refractivity contribution >= 4 is 17.4 Å². The van der Waals surface area contributed by atoms with Crippen molar-refractivity contribution in [3.8, 4) is 5.88 Å². The molecule has 118 valence electrons. The molecule has 2 N–H and O–H groups in total. The van der Waals surface area contributed by atoms with Gasteiger partial charge in [-0.3, -0.25) is 0 Å². The number of ether oxygens (including phenoxy) is 1. The van der Waals surface area contributed by atoms with Gasteiger partial charge in [0.2, 0.25) is 5.88 Å². The monoisotopic (exact) mass is 319 g/mol. The van der Waals surface area contributed by atoms with E-state index in [0.717, 1.165) is 18.4 Å². The highest BCUT2D eigenvalue weighted by Crippen LogP contribution is 2.08. The van der Waals surface area contributed by atoms with Crippen LogP contribution in [0.4, 0.5) is 4.79 Å². The highest BCUT2D eigenvalue weighted by atomic mass is 32.1. The van der Waals surface area contributed by atoms with E-state index in [2.05, 4.69) is 28.6 Å². The van der Waals surface area contributed by atoms with E-state index in [0.29, 0.717) is 25.6 Å². The minimum Gasteiger partial charge on any atom is -0.478 e. The number of nitrogens with one attached hydrogen (secondary N) is 2. The Kier molecular flexibility index (Phi) is 6.70. The van der Waals surface area contributed by atoms with Crippen molar-refractivity contribution in [2.75, 3.05) is 13.2 Å². The van der Waals surface area contributed by atoms with Gasteiger partial charge in [-0.2, -0.15) is 0 Å². The lowest BCUT2D eigenvalue weighted by Crippen LogP contribution is -2.36. The maximum Gasteiger partial charge on any atom is 0.315 e. The first-order valence-electron chi connectivity index (χ1n) is 7.39. The number of thiophene rings is 1. The SMILES string of the molecule is CCCOc1ccc(CNC(=O)NCCc2cccs2)cn1. The normalized spacial score (nSPS) is 10.2. The van der Waals surface area contributed by atoms with Gasteiger partial charge in [0.05, 0.1) is 6.61 Å². The van der Waals surface area contributed by atoms with Gasteiger partial charge in [0.15, 0.2) is 0 Å². The van der Waals surface area contributed by atoms with Crippen molar-refractivity contribution in [3.63, 3.8) is 0 Å². The lowest BCUT2D eigenvalue weighted by Gasteiger charge is -2.08. The van der Waals surface area contributed by atoms with E-state index in [1.807, 2.05) is 23.6 Å². The van der Waals surface area contributed by atoms with Gasteiger partial charge >= 0.3 is 6.03 Å². The van der Waals surface area contributed by atoms with Crippen LogP contribution in [0.3, 0.4) is 0 Å². The Labute approximate surface area is 134 Å². The van der Waals surface area contributed by atoms with Crippen molar-refractivity contribution in [3.05, 3.63) is 46.3 Å². The fraction of sp³-hybridized carbons (Fsp3) is 0.375. The molecule has 0 aliphatic rings. The number of urea groups is 1. The Hall–Kier alpha value is -2.08. The zero-order valence-corrected chi connectivity index (χ0v) is 13.5. The largest absolute Gasteiger partial charge is 0.478 e. The van der Waals surface area contributed by atoms with Crippen LogP contribution < -0.4 is 15.4 Å². The molecule has 5 nitrogen and oxygen atoms in total. The molecule has 22 heavy (non-hydrogen) atoms. The Balaban J connectivity index is 1.65. The first-order chi connectivity index (χ1) is 10.8. The van der Waals surface area contributed by atoms with Crippen LogP contribution in [-0.2, 0) is 13.0 Å². The van der Waals surface area contributed by atoms with Crippen molar-refractivity contribution in [2.45, 2.75) is 26.3 Å². The van der Waals surface area contributed by atoms with Crippen LogP contribution in [0.5, 0.6) is 5.88 Å². The molecule has 2 aromatic rings. The second-order valence-electron chi connectivity index (χ2n) is 4.79. The highest BCUT2D eigenvalue weighted by Gasteiger charge is 2.02. The fourth-order valence-electron chi connectivity index (χ4n) is 1.81. The molecule has 2 heterocycles. The van der Waals surface area contributed by atoms with E-state index in [4.69, 9.17) is 4.74 Å². The highest BCUT2D eigenvalue weighted by molar-refractivity contribution is 7.09. The Morgan fingerprint density at radius 1 is 1.32 bits per heavy atom. The van der Waals surface area contributed by atoms with Crippen molar-refractivity contribution in [1.82, 2.24) is 15.6 Å². The van der Waals surface area contributed by atoms with E-state index in [-0.39, 0.29) is 6.03 Å². The van der Waals surface area contributed by atoms with E-state index < -0.39 is 0 Å². The summed E-state index contributed by atoms with van der Waals surface area (Å²) in [6.45, 7) is 3.80. The predicted octanol–water partition coefficient (Wildman–Crippen LogP) is 2.97. The zero-order valence-electron chi connectivity index (χ0n) is 12.7. The Morgan fingerprint density at radius 2 is 2.23 bits per heavy atom. The van der Waals surface area contributed by atoms with E-state index >= 15 is 0 Å². The summed E-state index contributed by atoms with van der Waals surface area (Å²) in [5.74, 6) is 0.617. The summed E-state index contributed by atoms with van der Waals surface area (Å²) in [6, 6.07) is 7.65. The first-order valence-corrected chi connectivity index (χ1v) is 8.27. The molecule has 0 spiro atoms. The maximum absolute atomic E-state index is 11.7. The van der Waals surface area contributed by atoms with Crippen molar-refractivity contribution < 1.29 is 9.53 Å². The number of rotatable bonds is 8. The van der Waals surface area contributed by atoms with Gasteiger partial charge in [-0.25, -0.2) is 9.78 Å². The smallest absolute Gasteiger partial charge is 0.315 e. The number of amides is 2. The molecule has 0 aromatic carbocycles. The first kappa shape index (κ1) is 16.3. The number of hydrogen-bond acceptors (Lipinski definition) is 4. The standard InChI is InChI=1S/C16H21N3O2S/c1-2-9-21-15-6-5-13(11-18-15)12-19-16(20)17-8-7-14-4-3-10-22-14/h3-6,10-11H,2,7-9,12H2,1H3,(H2,17,19,20). The molecule has 0 aliphatic carbocycles. The third kappa shape index (κ3) is 5.73. The molecular weight excluding hydrogens is 298 g/mol. The minimum absolute atomic E-state index is 0.164. The summed E-state index contributed by atoms with van der Waals surface area (Å²) in [5.41, 5.74) is 0.942. The lowest BCUT2D eigenvalue weighted by molar-refractivity contribution is 0.240. The van der Waals surface area contributed by atoms with Gasteiger partial charge in [0.25, 0.3) is 0 Å². The molecule has 2 rings (SSSR count). The molecule has 0 fully saturated rings. The van der Waals surface area contributed by atoms with Gasteiger partial charge < -0.3 is 15.4 Å². The molecule has 0 aliphatic heterocycles. The second kappa shape index (κ2) is 9.04. The summed E-state index contributed by atoms with van der Waals surface area (Å²) in [6.07, 6.45) is 3.53. The number of hydrogen-bond donors (Lipinski definition) is 2. The molecule has 2 amide bonds. The zero-order chi connectivity index (χ0) is 15.6. The number of pyridine rings is 1. The van der Waals surface area contributed by atoms with Crippen molar-refractivity contribution in [2.24, 2.45) is 0 Å². The van der Waals surface area contributed by atoms with Crippen LogP contribution in [0.2, 0.25) is 0 Å². The van der Waals surface area contributed by atoms with Crippen LogP contribution in [0.15, 0.2) is 35.8 Å². The van der Waals surface area contributed by atoms with Gasteiger partial charge in [0, 0.05) is 30.2 Å². The molecule has 0 saturated carbocycles. The summed E-state index contributed by atoms with van der Waals surface area (Å²) in [5, 5.41) is 7.69. The minimum atomic E-state index is -0.164.